The molecule has 188 valence electrons. The van der Waals surface area contributed by atoms with Crippen LogP contribution in [0.15, 0.2) is 89.9 Å². The highest BCUT2D eigenvalue weighted by Gasteiger charge is 2.63. The molecule has 0 bridgehead atoms. The summed E-state index contributed by atoms with van der Waals surface area (Å²) >= 11 is 0. The maximum atomic E-state index is 14.5. The van der Waals surface area contributed by atoms with Crippen LogP contribution in [0.2, 0.25) is 0 Å². The van der Waals surface area contributed by atoms with Crippen molar-refractivity contribution >= 4 is 23.7 Å². The molecule has 0 saturated heterocycles. The number of halogens is 3. The van der Waals surface area contributed by atoms with E-state index in [1.54, 1.807) is 41.7 Å². The van der Waals surface area contributed by atoms with Crippen LogP contribution in [0.3, 0.4) is 0 Å². The molecule has 3 rings (SSSR count). The number of hydrogen-bond acceptors (Lipinski definition) is 5. The quantitative estimate of drug-likeness (QED) is 0.186. The number of nitrogens with two attached hydrogens (primary N) is 2. The fourth-order valence-corrected chi connectivity index (χ4v) is 3.22. The SMILES string of the molecule is NC(N)=Nc1ccc(OC(=O)C(Cc2ccccc2)(NC(=O)OCc2ccccc2)C(F)(F)F)cc1. The Hall–Kier alpha value is -4.54. The summed E-state index contributed by atoms with van der Waals surface area (Å²) in [6, 6.07) is 20.9. The molecule has 1 amide bonds. The minimum atomic E-state index is -5.25. The predicted molar refractivity (Wildman–Crippen MR) is 126 cm³/mol. The van der Waals surface area contributed by atoms with Gasteiger partial charge in [0.2, 0.25) is 5.54 Å². The number of benzene rings is 3. The van der Waals surface area contributed by atoms with Crippen molar-refractivity contribution in [3.05, 3.63) is 96.1 Å². The van der Waals surface area contributed by atoms with Crippen molar-refractivity contribution in [1.29, 1.82) is 0 Å². The predicted octanol–water partition coefficient (Wildman–Crippen LogP) is 3.97. The summed E-state index contributed by atoms with van der Waals surface area (Å²) < 4.78 is 53.6. The van der Waals surface area contributed by atoms with E-state index in [0.29, 0.717) is 11.3 Å². The lowest BCUT2D eigenvalue weighted by molar-refractivity contribution is -0.206. The molecule has 3 aromatic rings. The Kier molecular flexibility index (Phi) is 8.15. The molecule has 1 unspecified atom stereocenters. The maximum Gasteiger partial charge on any atom is 0.422 e. The second-order valence-corrected chi connectivity index (χ2v) is 7.67. The fraction of sp³-hybridized carbons (Fsp3) is 0.160. The zero-order chi connectivity index (χ0) is 26.2. The van der Waals surface area contributed by atoms with Gasteiger partial charge in [0.05, 0.1) is 5.69 Å². The van der Waals surface area contributed by atoms with Crippen molar-refractivity contribution in [1.82, 2.24) is 5.32 Å². The Labute approximate surface area is 204 Å². The normalized spacial score (nSPS) is 12.6. The third-order valence-corrected chi connectivity index (χ3v) is 4.98. The first-order chi connectivity index (χ1) is 17.1. The van der Waals surface area contributed by atoms with E-state index in [1.807, 2.05) is 0 Å². The summed E-state index contributed by atoms with van der Waals surface area (Å²) in [5.74, 6) is -2.18. The van der Waals surface area contributed by atoms with Crippen LogP contribution in [0, 0.1) is 0 Å². The van der Waals surface area contributed by atoms with E-state index in [-0.39, 0.29) is 23.9 Å². The van der Waals surface area contributed by atoms with E-state index in [9.17, 15) is 22.8 Å². The zero-order valence-electron chi connectivity index (χ0n) is 18.9. The highest BCUT2D eigenvalue weighted by molar-refractivity contribution is 5.89. The largest absolute Gasteiger partial charge is 0.445 e. The number of amides is 1. The Bertz CT molecular complexity index is 1200. The number of alkyl halides is 3. The van der Waals surface area contributed by atoms with Crippen molar-refractivity contribution in [2.75, 3.05) is 0 Å². The second-order valence-electron chi connectivity index (χ2n) is 7.67. The van der Waals surface area contributed by atoms with Crippen LogP contribution < -0.4 is 21.5 Å². The topological polar surface area (TPSA) is 129 Å². The van der Waals surface area contributed by atoms with Gasteiger partial charge in [0.15, 0.2) is 5.96 Å². The van der Waals surface area contributed by atoms with Gasteiger partial charge in [-0.2, -0.15) is 13.2 Å². The van der Waals surface area contributed by atoms with Gasteiger partial charge in [0, 0.05) is 6.42 Å². The minimum absolute atomic E-state index is 0.137. The van der Waals surface area contributed by atoms with Crippen LogP contribution in [-0.4, -0.2) is 29.7 Å². The molecule has 0 aliphatic carbocycles. The molecule has 8 nitrogen and oxygen atoms in total. The average molecular weight is 500 g/mol. The molecule has 0 aliphatic rings. The van der Waals surface area contributed by atoms with Gasteiger partial charge >= 0.3 is 18.2 Å². The molecule has 5 N–H and O–H groups in total. The first-order valence-corrected chi connectivity index (χ1v) is 10.6. The van der Waals surface area contributed by atoms with Gasteiger partial charge in [0.25, 0.3) is 0 Å². The van der Waals surface area contributed by atoms with Crippen molar-refractivity contribution in [3.8, 4) is 5.75 Å². The van der Waals surface area contributed by atoms with E-state index < -0.39 is 30.2 Å². The number of nitrogens with zero attached hydrogens (tertiary/aromatic N) is 1. The number of hydrogen-bond donors (Lipinski definition) is 3. The zero-order valence-corrected chi connectivity index (χ0v) is 18.9. The fourth-order valence-electron chi connectivity index (χ4n) is 3.22. The summed E-state index contributed by atoms with van der Waals surface area (Å²) in [7, 11) is 0. The average Bonchev–Trinajstić information content (AvgIpc) is 2.84. The molecule has 0 saturated carbocycles. The summed E-state index contributed by atoms with van der Waals surface area (Å²) in [6.45, 7) is -0.298. The Balaban J connectivity index is 1.90. The van der Waals surface area contributed by atoms with Gasteiger partial charge in [-0.25, -0.2) is 14.6 Å². The first-order valence-electron chi connectivity index (χ1n) is 10.6. The monoisotopic (exact) mass is 500 g/mol. The van der Waals surface area contributed by atoms with Crippen molar-refractivity contribution < 1.29 is 32.2 Å². The van der Waals surface area contributed by atoms with Crippen molar-refractivity contribution in [3.63, 3.8) is 0 Å². The molecule has 0 aliphatic heterocycles. The molecule has 0 spiro atoms. The minimum Gasteiger partial charge on any atom is -0.445 e. The van der Waals surface area contributed by atoms with E-state index in [4.69, 9.17) is 20.9 Å². The number of guanidine groups is 1. The van der Waals surface area contributed by atoms with E-state index in [2.05, 4.69) is 4.99 Å². The number of nitrogens with one attached hydrogen (secondary N) is 1. The number of aliphatic imine (C=N–C) groups is 1. The summed E-state index contributed by atoms with van der Waals surface area (Å²) in [5, 5.41) is 1.73. The van der Waals surface area contributed by atoms with Gasteiger partial charge in [-0.1, -0.05) is 60.7 Å². The Morgan fingerprint density at radius 2 is 1.39 bits per heavy atom. The molecule has 0 radical (unpaired) electrons. The molecular formula is C25H23F3N4O4. The van der Waals surface area contributed by atoms with E-state index in [1.165, 1.54) is 48.5 Å². The lowest BCUT2D eigenvalue weighted by Gasteiger charge is -2.33. The number of esters is 1. The molecule has 0 heterocycles. The molecule has 0 fully saturated rings. The van der Waals surface area contributed by atoms with Crippen molar-refractivity contribution in [2.45, 2.75) is 24.7 Å². The first kappa shape index (κ1) is 26.1. The summed E-state index contributed by atoms with van der Waals surface area (Å²) in [5.41, 5.74) is 8.13. The Morgan fingerprint density at radius 1 is 0.833 bits per heavy atom. The summed E-state index contributed by atoms with van der Waals surface area (Å²) in [4.78, 5) is 29.4. The molecule has 36 heavy (non-hydrogen) atoms. The second kappa shape index (κ2) is 11.3. The van der Waals surface area contributed by atoms with Gasteiger partial charge in [-0.15, -0.1) is 0 Å². The van der Waals surface area contributed by atoms with Gasteiger partial charge in [-0.3, -0.25) is 5.32 Å². The van der Waals surface area contributed by atoms with Crippen LogP contribution in [-0.2, 0) is 22.6 Å². The van der Waals surface area contributed by atoms with Gasteiger partial charge in [0.1, 0.15) is 12.4 Å². The molecular weight excluding hydrogens is 477 g/mol. The van der Waals surface area contributed by atoms with Crippen LogP contribution >= 0.6 is 0 Å². The van der Waals surface area contributed by atoms with Gasteiger partial charge < -0.3 is 20.9 Å². The number of rotatable bonds is 8. The third-order valence-electron chi connectivity index (χ3n) is 4.98. The van der Waals surface area contributed by atoms with E-state index >= 15 is 0 Å². The Morgan fingerprint density at radius 3 is 1.92 bits per heavy atom. The summed E-state index contributed by atoms with van der Waals surface area (Å²) in [6.07, 6.45) is -7.61. The van der Waals surface area contributed by atoms with Crippen LogP contribution in [0.25, 0.3) is 0 Å². The molecule has 0 aromatic heterocycles. The van der Waals surface area contributed by atoms with Crippen molar-refractivity contribution in [2.24, 2.45) is 16.5 Å². The lowest BCUT2D eigenvalue weighted by Crippen LogP contribution is -2.66. The van der Waals surface area contributed by atoms with Crippen LogP contribution in [0.1, 0.15) is 11.1 Å². The number of alkyl carbamates (subject to hydrolysis) is 1. The molecule has 1 atom stereocenters. The van der Waals surface area contributed by atoms with Crippen LogP contribution in [0.5, 0.6) is 5.75 Å². The van der Waals surface area contributed by atoms with Gasteiger partial charge in [-0.05, 0) is 35.4 Å². The number of carbonyl (C=O) groups is 2. The number of ether oxygens (including phenoxy) is 2. The molecule has 11 heteroatoms. The van der Waals surface area contributed by atoms with Crippen LogP contribution in [0.4, 0.5) is 23.7 Å². The maximum absolute atomic E-state index is 14.5. The highest BCUT2D eigenvalue weighted by atomic mass is 19.4. The van der Waals surface area contributed by atoms with E-state index in [0.717, 1.165) is 0 Å². The lowest BCUT2D eigenvalue weighted by atomic mass is 9.90. The third kappa shape index (κ3) is 6.75. The smallest absolute Gasteiger partial charge is 0.422 e. The standard InChI is InChI=1S/C25H23F3N4O4/c26-25(27,28)24(15-17-7-3-1-4-8-17,32-23(34)35-16-18-9-5-2-6-10-18)21(33)36-20-13-11-19(12-14-20)31-22(29)30/h1-14H,15-16H2,(H,32,34)(H4,29,30,31). The molecule has 3 aromatic carbocycles. The highest BCUT2D eigenvalue weighted by Crippen LogP contribution is 2.35. The number of carbonyl (C=O) groups excluding carboxylic acids is 2.